The first-order valence-corrected chi connectivity index (χ1v) is 11.0. The van der Waals surface area contributed by atoms with Gasteiger partial charge in [0, 0.05) is 41.8 Å². The predicted molar refractivity (Wildman–Crippen MR) is 124 cm³/mol. The minimum atomic E-state index is -5.95. The maximum absolute atomic E-state index is 13.3. The number of para-hydroxylation sites is 1. The van der Waals surface area contributed by atoms with E-state index in [-0.39, 0.29) is 12.0 Å². The van der Waals surface area contributed by atoms with Crippen LogP contribution in [0.5, 0.6) is 5.75 Å². The van der Waals surface area contributed by atoms with Crippen molar-refractivity contribution in [3.63, 3.8) is 0 Å². The summed E-state index contributed by atoms with van der Waals surface area (Å²) < 4.78 is 75.0. The van der Waals surface area contributed by atoms with E-state index < -0.39 is 53.0 Å². The highest BCUT2D eigenvalue weighted by molar-refractivity contribution is 5.97. The van der Waals surface area contributed by atoms with Crippen LogP contribution in [0.1, 0.15) is 22.3 Å². The zero-order valence-corrected chi connectivity index (χ0v) is 20.1. The minimum absolute atomic E-state index is 0.0978. The van der Waals surface area contributed by atoms with Crippen molar-refractivity contribution in [2.45, 2.75) is 31.0 Å². The number of nitrogens with zero attached hydrogens (tertiary/aromatic N) is 2. The van der Waals surface area contributed by atoms with Gasteiger partial charge in [-0.15, -0.1) is 0 Å². The zero-order valence-electron chi connectivity index (χ0n) is 20.1. The molecule has 0 bridgehead atoms. The lowest BCUT2D eigenvalue weighted by atomic mass is 10.0. The van der Waals surface area contributed by atoms with Crippen LogP contribution in [0.4, 0.5) is 27.6 Å². The second kappa shape index (κ2) is 11.0. The Morgan fingerprint density at radius 2 is 1.82 bits per heavy atom. The van der Waals surface area contributed by atoms with Gasteiger partial charge in [-0.2, -0.15) is 22.0 Å². The molecule has 14 heteroatoms. The Hall–Kier alpha value is -4.23. The lowest BCUT2D eigenvalue weighted by Crippen LogP contribution is -2.42. The van der Waals surface area contributed by atoms with Gasteiger partial charge in [-0.1, -0.05) is 18.2 Å². The molecule has 0 saturated heterocycles. The van der Waals surface area contributed by atoms with Crippen LogP contribution >= 0.6 is 0 Å². The molecule has 3 aromatic rings. The van der Waals surface area contributed by atoms with Crippen molar-refractivity contribution >= 4 is 28.5 Å². The van der Waals surface area contributed by atoms with Crippen molar-refractivity contribution in [1.29, 1.82) is 0 Å². The molecule has 0 aliphatic carbocycles. The molecule has 0 fully saturated rings. The fourth-order valence-corrected chi connectivity index (χ4v) is 3.73. The van der Waals surface area contributed by atoms with Gasteiger partial charge in [-0.3, -0.25) is 14.9 Å². The second-order valence-corrected chi connectivity index (χ2v) is 8.30. The number of rotatable bonds is 10. The topological polar surface area (TPSA) is 113 Å². The van der Waals surface area contributed by atoms with E-state index in [0.717, 1.165) is 35.7 Å². The van der Waals surface area contributed by atoms with Gasteiger partial charge in [0.05, 0.1) is 12.0 Å². The molecule has 2 aromatic carbocycles. The second-order valence-electron chi connectivity index (χ2n) is 8.30. The number of nitro groups is 1. The van der Waals surface area contributed by atoms with Crippen LogP contribution in [0.25, 0.3) is 10.9 Å². The molecule has 1 amide bonds. The third-order valence-corrected chi connectivity index (χ3v) is 5.72. The van der Waals surface area contributed by atoms with Gasteiger partial charge in [-0.05, 0) is 30.5 Å². The van der Waals surface area contributed by atoms with E-state index in [9.17, 15) is 41.7 Å². The average Bonchev–Trinajstić information content (AvgIpc) is 3.19. The van der Waals surface area contributed by atoms with Crippen molar-refractivity contribution in [1.82, 2.24) is 9.88 Å². The molecule has 204 valence electrons. The summed E-state index contributed by atoms with van der Waals surface area (Å²) in [4.78, 5) is 35.3. The number of aromatic nitrogens is 1. The van der Waals surface area contributed by atoms with Crippen LogP contribution in [0.3, 0.4) is 0 Å². The van der Waals surface area contributed by atoms with Crippen LogP contribution in [-0.2, 0) is 23.0 Å². The number of hydrogen-bond acceptors (Lipinski definition) is 6. The van der Waals surface area contributed by atoms with E-state index in [4.69, 9.17) is 4.74 Å². The van der Waals surface area contributed by atoms with Crippen molar-refractivity contribution < 1.29 is 45.9 Å². The molecule has 1 aromatic heterocycles. The molecule has 0 aliphatic heterocycles. The van der Waals surface area contributed by atoms with E-state index >= 15 is 0 Å². The first kappa shape index (κ1) is 28.3. The lowest BCUT2D eigenvalue weighted by Gasteiger charge is -2.20. The summed E-state index contributed by atoms with van der Waals surface area (Å²) in [5.74, 6) is -8.02. The standard InChI is InChI=1S/C24H22F5N3O6/c1-31-12-15(16-5-3-4-6-18(16)31)7-9-17(22(34)37-2)30-21(33)14-8-10-19(32(35)36)20(11-14)38-13-23(25,26)24(27,28)29/h3-6,8,10-12,17H,7,9,13H2,1-2H3,(H,30,33)/t17-/m0/s1. The number of methoxy groups -OCH3 is 1. The highest BCUT2D eigenvalue weighted by atomic mass is 19.4. The van der Waals surface area contributed by atoms with Crippen molar-refractivity contribution in [3.8, 4) is 5.75 Å². The number of hydrogen-bond donors (Lipinski definition) is 1. The van der Waals surface area contributed by atoms with E-state index in [2.05, 4.69) is 10.1 Å². The van der Waals surface area contributed by atoms with E-state index in [1.165, 1.54) is 0 Å². The number of esters is 1. The van der Waals surface area contributed by atoms with Crippen LogP contribution in [0, 0.1) is 10.1 Å². The summed E-state index contributed by atoms with van der Waals surface area (Å²) >= 11 is 0. The molecule has 0 saturated carbocycles. The number of carbonyl (C=O) groups excluding carboxylic acids is 2. The molecule has 1 N–H and O–H groups in total. The molecular formula is C24H22F5N3O6. The Kier molecular flexibility index (Phi) is 8.22. The molecule has 1 heterocycles. The summed E-state index contributed by atoms with van der Waals surface area (Å²) in [5, 5.41) is 14.5. The van der Waals surface area contributed by atoms with Gasteiger partial charge in [-0.25, -0.2) is 4.79 Å². The fourth-order valence-electron chi connectivity index (χ4n) is 3.73. The molecule has 0 spiro atoms. The van der Waals surface area contributed by atoms with Gasteiger partial charge in [0.1, 0.15) is 6.04 Å². The molecular weight excluding hydrogens is 521 g/mol. The largest absolute Gasteiger partial charge is 0.480 e. The van der Waals surface area contributed by atoms with Crippen LogP contribution in [0.15, 0.2) is 48.7 Å². The Labute approximate surface area is 212 Å². The first-order valence-electron chi connectivity index (χ1n) is 11.0. The molecule has 38 heavy (non-hydrogen) atoms. The Balaban J connectivity index is 1.80. The maximum atomic E-state index is 13.3. The third kappa shape index (κ3) is 6.18. The van der Waals surface area contributed by atoms with Crippen LogP contribution in [0.2, 0.25) is 0 Å². The van der Waals surface area contributed by atoms with Crippen LogP contribution in [-0.4, -0.2) is 53.2 Å². The van der Waals surface area contributed by atoms with E-state index in [1.54, 1.807) is 0 Å². The number of aryl methyl sites for hydroxylation is 2. The molecule has 0 unspecified atom stereocenters. The minimum Gasteiger partial charge on any atom is -0.480 e. The molecule has 3 rings (SSSR count). The zero-order chi connectivity index (χ0) is 28.3. The molecule has 9 nitrogen and oxygen atoms in total. The number of benzene rings is 2. The number of amides is 1. The number of halogens is 5. The Bertz CT molecular complexity index is 1360. The highest BCUT2D eigenvalue weighted by Gasteiger charge is 2.58. The summed E-state index contributed by atoms with van der Waals surface area (Å²) in [6, 6.07) is 8.69. The summed E-state index contributed by atoms with van der Waals surface area (Å²) in [6.45, 7) is -2.24. The number of ether oxygens (including phenoxy) is 2. The van der Waals surface area contributed by atoms with Crippen molar-refractivity contribution in [3.05, 3.63) is 69.9 Å². The quantitative estimate of drug-likeness (QED) is 0.174. The maximum Gasteiger partial charge on any atom is 0.456 e. The van der Waals surface area contributed by atoms with Gasteiger partial charge in [0.25, 0.3) is 5.91 Å². The van der Waals surface area contributed by atoms with Gasteiger partial charge < -0.3 is 19.4 Å². The Morgan fingerprint density at radius 1 is 1.13 bits per heavy atom. The number of carbonyl (C=O) groups is 2. The summed E-state index contributed by atoms with van der Waals surface area (Å²) in [7, 11) is 2.96. The lowest BCUT2D eigenvalue weighted by molar-refractivity contribution is -0.386. The number of nitrogens with one attached hydrogen (secondary N) is 1. The van der Waals surface area contributed by atoms with E-state index in [0.29, 0.717) is 12.5 Å². The smallest absolute Gasteiger partial charge is 0.456 e. The third-order valence-electron chi connectivity index (χ3n) is 5.72. The first-order chi connectivity index (χ1) is 17.7. The summed E-state index contributed by atoms with van der Waals surface area (Å²) in [5.41, 5.74) is 0.540. The fraction of sp³-hybridized carbons (Fsp3) is 0.333. The number of alkyl halides is 5. The van der Waals surface area contributed by atoms with Crippen molar-refractivity contribution in [2.24, 2.45) is 7.05 Å². The van der Waals surface area contributed by atoms with E-state index in [1.807, 2.05) is 42.1 Å². The number of fused-ring (bicyclic) bond motifs is 1. The normalized spacial score (nSPS) is 12.7. The van der Waals surface area contributed by atoms with Gasteiger partial charge in [0.2, 0.25) is 0 Å². The molecule has 1 atom stereocenters. The SMILES string of the molecule is COC(=O)[C@H](CCc1cn(C)c2ccccc12)NC(=O)c1ccc([N+](=O)[O-])c(OCC(F)(F)C(F)(F)F)c1. The molecule has 0 aliphatic rings. The molecule has 0 radical (unpaired) electrons. The highest BCUT2D eigenvalue weighted by Crippen LogP contribution is 2.37. The predicted octanol–water partition coefficient (Wildman–Crippen LogP) is 4.57. The Morgan fingerprint density at radius 3 is 2.45 bits per heavy atom. The van der Waals surface area contributed by atoms with Gasteiger partial charge >= 0.3 is 23.8 Å². The van der Waals surface area contributed by atoms with Crippen LogP contribution < -0.4 is 10.1 Å². The number of nitro benzene ring substituents is 1. The van der Waals surface area contributed by atoms with Crippen molar-refractivity contribution in [2.75, 3.05) is 13.7 Å². The monoisotopic (exact) mass is 543 g/mol. The average molecular weight is 543 g/mol. The summed E-state index contributed by atoms with van der Waals surface area (Å²) in [6.07, 6.45) is -3.63. The van der Waals surface area contributed by atoms with Gasteiger partial charge in [0.15, 0.2) is 12.4 Å².